The zero-order valence-corrected chi connectivity index (χ0v) is 12.6. The highest BCUT2D eigenvalue weighted by molar-refractivity contribution is 5.97. The highest BCUT2D eigenvalue weighted by Gasteiger charge is 2.24. The fourth-order valence-electron chi connectivity index (χ4n) is 2.05. The van der Waals surface area contributed by atoms with Crippen molar-refractivity contribution in [2.24, 2.45) is 0 Å². The molecule has 6 heteroatoms. The molecule has 0 fully saturated rings. The third-order valence-electron chi connectivity index (χ3n) is 3.54. The molecular weight excluding hydrogens is 282 g/mol. The van der Waals surface area contributed by atoms with Gasteiger partial charge in [-0.05, 0) is 37.5 Å². The molecule has 0 bridgehead atoms. The summed E-state index contributed by atoms with van der Waals surface area (Å²) in [6, 6.07) is 4.19. The van der Waals surface area contributed by atoms with Crippen LogP contribution in [0.4, 0.5) is 0 Å². The number of nitrogens with one attached hydrogen (secondary N) is 1. The molecule has 2 rings (SSSR count). The third-order valence-corrected chi connectivity index (χ3v) is 3.54. The van der Waals surface area contributed by atoms with Gasteiger partial charge in [-0.2, -0.15) is 0 Å². The van der Waals surface area contributed by atoms with Crippen molar-refractivity contribution in [3.05, 3.63) is 58.7 Å². The number of carbonyl (C=O) groups is 2. The average Bonchev–Trinajstić information content (AvgIpc) is 2.47. The van der Waals surface area contributed by atoms with Crippen molar-refractivity contribution in [3.63, 3.8) is 0 Å². The summed E-state index contributed by atoms with van der Waals surface area (Å²) in [5, 5.41) is 11.9. The second kappa shape index (κ2) is 6.34. The number of rotatable bonds is 4. The summed E-state index contributed by atoms with van der Waals surface area (Å²) in [7, 11) is 0. The molecule has 1 atom stereocenters. The van der Waals surface area contributed by atoms with Crippen LogP contribution in [0.3, 0.4) is 0 Å². The third kappa shape index (κ3) is 3.28. The van der Waals surface area contributed by atoms with Crippen molar-refractivity contribution in [1.82, 2.24) is 15.3 Å². The first-order valence-corrected chi connectivity index (χ1v) is 6.77. The fraction of sp³-hybridized carbons (Fsp3) is 0.250. The van der Waals surface area contributed by atoms with Gasteiger partial charge in [-0.25, -0.2) is 14.8 Å². The van der Waals surface area contributed by atoms with Crippen LogP contribution in [-0.4, -0.2) is 27.0 Å². The van der Waals surface area contributed by atoms with Gasteiger partial charge < -0.3 is 10.4 Å². The molecule has 2 N–H and O–H groups in total. The number of amides is 1. The standard InChI is InChI=1S/C16H17N3O3/c1-9-4-5-12(6-10(9)2)14(16(21)22)19-15(20)13-7-17-8-18-11(13)3/h4-8,14H,1-3H3,(H,19,20)(H,21,22). The van der Waals surface area contributed by atoms with E-state index in [1.165, 1.54) is 12.5 Å². The van der Waals surface area contributed by atoms with Crippen LogP contribution in [0.15, 0.2) is 30.7 Å². The molecule has 1 unspecified atom stereocenters. The van der Waals surface area contributed by atoms with Gasteiger partial charge in [0.2, 0.25) is 0 Å². The van der Waals surface area contributed by atoms with Crippen LogP contribution in [0.5, 0.6) is 0 Å². The molecule has 0 aliphatic rings. The van der Waals surface area contributed by atoms with E-state index in [9.17, 15) is 14.7 Å². The number of carboxylic acid groups (broad SMARTS) is 1. The number of carboxylic acids is 1. The molecule has 0 aliphatic carbocycles. The van der Waals surface area contributed by atoms with Crippen LogP contribution in [0, 0.1) is 20.8 Å². The lowest BCUT2D eigenvalue weighted by atomic mass is 10.0. The lowest BCUT2D eigenvalue weighted by molar-refractivity contribution is -0.139. The van der Waals surface area contributed by atoms with Crippen LogP contribution in [0.1, 0.15) is 38.8 Å². The van der Waals surface area contributed by atoms with Gasteiger partial charge in [0.15, 0.2) is 6.04 Å². The van der Waals surface area contributed by atoms with Crippen LogP contribution in [-0.2, 0) is 4.79 Å². The Morgan fingerprint density at radius 1 is 1.18 bits per heavy atom. The molecule has 0 radical (unpaired) electrons. The first kappa shape index (κ1) is 15.6. The minimum atomic E-state index is -1.12. The van der Waals surface area contributed by atoms with Crippen molar-refractivity contribution in [1.29, 1.82) is 0 Å². The molecular formula is C16H17N3O3. The van der Waals surface area contributed by atoms with E-state index < -0.39 is 17.9 Å². The quantitative estimate of drug-likeness (QED) is 0.900. The highest BCUT2D eigenvalue weighted by atomic mass is 16.4. The summed E-state index contributed by atoms with van der Waals surface area (Å²) in [5.41, 5.74) is 3.32. The number of hydrogen-bond acceptors (Lipinski definition) is 4. The Hall–Kier alpha value is -2.76. The maximum atomic E-state index is 12.3. The predicted octanol–water partition coefficient (Wildman–Crippen LogP) is 1.96. The lowest BCUT2D eigenvalue weighted by Gasteiger charge is -2.16. The maximum absolute atomic E-state index is 12.3. The summed E-state index contributed by atoms with van der Waals surface area (Å²) < 4.78 is 0. The number of carbonyl (C=O) groups excluding carboxylic acids is 1. The van der Waals surface area contributed by atoms with E-state index >= 15 is 0 Å². The number of aliphatic carboxylic acids is 1. The molecule has 114 valence electrons. The summed E-state index contributed by atoms with van der Waals surface area (Å²) in [4.78, 5) is 31.5. The second-order valence-electron chi connectivity index (χ2n) is 5.11. The van der Waals surface area contributed by atoms with Gasteiger partial charge in [0.05, 0.1) is 11.3 Å². The fourth-order valence-corrected chi connectivity index (χ4v) is 2.05. The average molecular weight is 299 g/mol. The Morgan fingerprint density at radius 3 is 2.50 bits per heavy atom. The molecule has 1 amide bonds. The summed E-state index contributed by atoms with van der Waals surface area (Å²) in [5.74, 6) is -1.63. The van der Waals surface area contributed by atoms with Crippen molar-refractivity contribution < 1.29 is 14.7 Å². The van der Waals surface area contributed by atoms with Gasteiger partial charge in [0, 0.05) is 6.20 Å². The zero-order chi connectivity index (χ0) is 16.3. The Labute approximate surface area is 128 Å². The minimum Gasteiger partial charge on any atom is -0.479 e. The molecule has 1 aromatic carbocycles. The van der Waals surface area contributed by atoms with Crippen molar-refractivity contribution >= 4 is 11.9 Å². The summed E-state index contributed by atoms with van der Waals surface area (Å²) in [6.45, 7) is 5.51. The largest absolute Gasteiger partial charge is 0.479 e. The Kier molecular flexibility index (Phi) is 4.50. The van der Waals surface area contributed by atoms with E-state index in [0.717, 1.165) is 11.1 Å². The van der Waals surface area contributed by atoms with Crippen LogP contribution in [0.2, 0.25) is 0 Å². The SMILES string of the molecule is Cc1ccc(C(NC(=O)c2cncnc2C)C(=O)O)cc1C. The van der Waals surface area contributed by atoms with Crippen molar-refractivity contribution in [3.8, 4) is 0 Å². The first-order chi connectivity index (χ1) is 10.4. The van der Waals surface area contributed by atoms with Crippen LogP contribution in [0.25, 0.3) is 0 Å². The van der Waals surface area contributed by atoms with Crippen molar-refractivity contribution in [2.45, 2.75) is 26.8 Å². The van der Waals surface area contributed by atoms with Crippen molar-refractivity contribution in [2.75, 3.05) is 0 Å². The minimum absolute atomic E-state index is 0.262. The molecule has 6 nitrogen and oxygen atoms in total. The molecule has 0 saturated carbocycles. The Morgan fingerprint density at radius 2 is 1.91 bits per heavy atom. The van der Waals surface area contributed by atoms with E-state index in [-0.39, 0.29) is 5.56 Å². The van der Waals surface area contributed by atoms with Gasteiger partial charge in [0.1, 0.15) is 6.33 Å². The molecule has 1 heterocycles. The van der Waals surface area contributed by atoms with E-state index in [1.54, 1.807) is 19.1 Å². The number of nitrogens with zero attached hydrogens (tertiary/aromatic N) is 2. The number of benzene rings is 1. The molecule has 2 aromatic rings. The molecule has 0 saturated heterocycles. The maximum Gasteiger partial charge on any atom is 0.330 e. The topological polar surface area (TPSA) is 92.2 Å². The summed E-state index contributed by atoms with van der Waals surface area (Å²) >= 11 is 0. The number of hydrogen-bond donors (Lipinski definition) is 2. The molecule has 0 spiro atoms. The second-order valence-corrected chi connectivity index (χ2v) is 5.11. The molecule has 1 aromatic heterocycles. The lowest BCUT2D eigenvalue weighted by Crippen LogP contribution is -2.34. The van der Waals surface area contributed by atoms with Crippen LogP contribution >= 0.6 is 0 Å². The van der Waals surface area contributed by atoms with Gasteiger partial charge in [-0.15, -0.1) is 0 Å². The van der Waals surface area contributed by atoms with Gasteiger partial charge in [0.25, 0.3) is 5.91 Å². The van der Waals surface area contributed by atoms with Gasteiger partial charge in [-0.3, -0.25) is 4.79 Å². The number of aromatic nitrogens is 2. The Bertz CT molecular complexity index is 728. The monoisotopic (exact) mass is 299 g/mol. The normalized spacial score (nSPS) is 11.8. The smallest absolute Gasteiger partial charge is 0.330 e. The van der Waals surface area contributed by atoms with E-state index in [1.807, 2.05) is 19.9 Å². The highest BCUT2D eigenvalue weighted by Crippen LogP contribution is 2.18. The molecule has 22 heavy (non-hydrogen) atoms. The van der Waals surface area contributed by atoms with E-state index in [4.69, 9.17) is 0 Å². The van der Waals surface area contributed by atoms with Gasteiger partial charge in [-0.1, -0.05) is 18.2 Å². The van der Waals surface area contributed by atoms with Gasteiger partial charge >= 0.3 is 5.97 Å². The summed E-state index contributed by atoms with van der Waals surface area (Å²) in [6.07, 6.45) is 2.71. The number of aryl methyl sites for hydroxylation is 3. The Balaban J connectivity index is 2.30. The van der Waals surface area contributed by atoms with E-state index in [0.29, 0.717) is 11.3 Å². The van der Waals surface area contributed by atoms with Crippen LogP contribution < -0.4 is 5.32 Å². The predicted molar refractivity (Wildman–Crippen MR) is 80.5 cm³/mol. The zero-order valence-electron chi connectivity index (χ0n) is 12.6. The first-order valence-electron chi connectivity index (χ1n) is 6.77. The van der Waals surface area contributed by atoms with E-state index in [2.05, 4.69) is 15.3 Å². The molecule has 0 aliphatic heterocycles.